The van der Waals surface area contributed by atoms with Crippen LogP contribution < -0.4 is 4.74 Å². The predicted octanol–water partition coefficient (Wildman–Crippen LogP) is 4.04. The molecule has 0 saturated carbocycles. The maximum Gasteiger partial charge on any atom is 0.166 e. The van der Waals surface area contributed by atoms with Crippen LogP contribution in [0, 0.1) is 5.82 Å². The number of carbonyl (C=O) groups excluding carboxylic acids is 1. The summed E-state index contributed by atoms with van der Waals surface area (Å²) in [6, 6.07) is 13.4. The van der Waals surface area contributed by atoms with Crippen LogP contribution in [-0.4, -0.2) is 12.4 Å². The minimum atomic E-state index is -0.338. The average molecular weight is 272 g/mol. The molecule has 0 N–H and O–H groups in total. The van der Waals surface area contributed by atoms with Crippen molar-refractivity contribution < 1.29 is 13.9 Å². The number of hydrogen-bond donors (Lipinski definition) is 0. The summed E-state index contributed by atoms with van der Waals surface area (Å²) < 4.78 is 18.4. The summed E-state index contributed by atoms with van der Waals surface area (Å²) in [4.78, 5) is 11.9. The third-order valence-electron chi connectivity index (χ3n) is 3.11. The molecule has 0 aliphatic carbocycles. The molecule has 0 unspecified atom stereocenters. The molecule has 0 amide bonds. The van der Waals surface area contributed by atoms with E-state index in [-0.39, 0.29) is 18.0 Å². The number of rotatable bonds is 6. The summed E-state index contributed by atoms with van der Waals surface area (Å²) >= 11 is 0. The summed E-state index contributed by atoms with van der Waals surface area (Å²) in [6.45, 7) is 2.39. The lowest BCUT2D eigenvalue weighted by molar-refractivity contribution is 0.0962. The van der Waals surface area contributed by atoms with Gasteiger partial charge in [-0.25, -0.2) is 4.39 Å². The van der Waals surface area contributed by atoms with Crippen LogP contribution in [0.4, 0.5) is 4.39 Å². The Morgan fingerprint density at radius 3 is 2.50 bits per heavy atom. The molecule has 2 rings (SSSR count). The lowest BCUT2D eigenvalue weighted by Crippen LogP contribution is -2.07. The van der Waals surface area contributed by atoms with Gasteiger partial charge in [-0.3, -0.25) is 4.79 Å². The zero-order valence-electron chi connectivity index (χ0n) is 11.4. The van der Waals surface area contributed by atoms with Gasteiger partial charge in [-0.1, -0.05) is 25.1 Å². The first-order chi connectivity index (χ1) is 9.70. The Bertz CT molecular complexity index is 576. The molecule has 0 aliphatic rings. The molecule has 2 aromatic carbocycles. The largest absolute Gasteiger partial charge is 0.493 e. The van der Waals surface area contributed by atoms with E-state index in [2.05, 4.69) is 6.92 Å². The molecule has 0 heterocycles. The van der Waals surface area contributed by atoms with E-state index in [1.165, 1.54) is 24.3 Å². The first-order valence-corrected chi connectivity index (χ1v) is 6.70. The van der Waals surface area contributed by atoms with E-state index < -0.39 is 0 Å². The van der Waals surface area contributed by atoms with Crippen molar-refractivity contribution in [3.63, 3.8) is 0 Å². The van der Waals surface area contributed by atoms with Crippen LogP contribution in [0.3, 0.4) is 0 Å². The van der Waals surface area contributed by atoms with Gasteiger partial charge >= 0.3 is 0 Å². The summed E-state index contributed by atoms with van der Waals surface area (Å²) in [6.07, 6.45) is 1.17. The molecule has 0 saturated heterocycles. The monoisotopic (exact) mass is 272 g/mol. The molecule has 3 heteroatoms. The average Bonchev–Trinajstić information content (AvgIpc) is 2.48. The second-order valence-electron chi connectivity index (χ2n) is 4.49. The molecule has 2 nitrogen and oxygen atoms in total. The number of aryl methyl sites for hydroxylation is 1. The number of halogens is 1. The Morgan fingerprint density at radius 2 is 1.80 bits per heavy atom. The number of Topliss-reactive ketones (excluding diaryl/α,β-unsaturated/α-hetero) is 1. The fourth-order valence-corrected chi connectivity index (χ4v) is 1.97. The van der Waals surface area contributed by atoms with E-state index in [1.807, 2.05) is 24.3 Å². The van der Waals surface area contributed by atoms with E-state index in [4.69, 9.17) is 4.74 Å². The van der Waals surface area contributed by atoms with Gasteiger partial charge in [-0.05, 0) is 42.3 Å². The molecule has 0 aromatic heterocycles. The molecule has 2 aromatic rings. The number of hydrogen-bond acceptors (Lipinski definition) is 2. The second kappa shape index (κ2) is 6.85. The van der Waals surface area contributed by atoms with Gasteiger partial charge in [0.2, 0.25) is 0 Å². The summed E-state index contributed by atoms with van der Waals surface area (Å²) in [7, 11) is 0. The molecule has 0 radical (unpaired) electrons. The van der Waals surface area contributed by atoms with Crippen LogP contribution in [0.25, 0.3) is 0 Å². The molecule has 20 heavy (non-hydrogen) atoms. The highest BCUT2D eigenvalue weighted by Crippen LogP contribution is 2.18. The summed E-state index contributed by atoms with van der Waals surface area (Å²) in [5, 5.41) is 0. The van der Waals surface area contributed by atoms with Crippen LogP contribution in [-0.2, 0) is 6.42 Å². The van der Waals surface area contributed by atoms with Crippen molar-refractivity contribution in [2.24, 2.45) is 0 Å². The molecule has 0 atom stereocenters. The third kappa shape index (κ3) is 3.67. The molecule has 0 bridgehead atoms. The van der Waals surface area contributed by atoms with Crippen molar-refractivity contribution >= 4 is 5.78 Å². The van der Waals surface area contributed by atoms with E-state index in [0.29, 0.717) is 12.2 Å². The van der Waals surface area contributed by atoms with Crippen LogP contribution in [0.2, 0.25) is 0 Å². The Kier molecular flexibility index (Phi) is 4.88. The van der Waals surface area contributed by atoms with Crippen LogP contribution in [0.15, 0.2) is 48.5 Å². The molecule has 0 aliphatic heterocycles. The zero-order chi connectivity index (χ0) is 14.4. The van der Waals surface area contributed by atoms with E-state index in [1.54, 1.807) is 0 Å². The van der Waals surface area contributed by atoms with Crippen molar-refractivity contribution in [3.8, 4) is 5.75 Å². The minimum absolute atomic E-state index is 0.0426. The van der Waals surface area contributed by atoms with Gasteiger partial charge in [-0.15, -0.1) is 0 Å². The van der Waals surface area contributed by atoms with Gasteiger partial charge in [0.15, 0.2) is 5.78 Å². The van der Waals surface area contributed by atoms with Crippen LogP contribution in [0.5, 0.6) is 5.75 Å². The highest BCUT2D eigenvalue weighted by Gasteiger charge is 2.07. The van der Waals surface area contributed by atoms with Crippen molar-refractivity contribution in [3.05, 3.63) is 65.5 Å². The van der Waals surface area contributed by atoms with Crippen molar-refractivity contribution in [2.75, 3.05) is 6.61 Å². The van der Waals surface area contributed by atoms with Crippen molar-refractivity contribution in [2.45, 2.75) is 19.8 Å². The lowest BCUT2D eigenvalue weighted by atomic mass is 10.1. The highest BCUT2D eigenvalue weighted by atomic mass is 19.1. The highest BCUT2D eigenvalue weighted by molar-refractivity contribution is 5.96. The van der Waals surface area contributed by atoms with Gasteiger partial charge in [0.25, 0.3) is 0 Å². The zero-order valence-corrected chi connectivity index (χ0v) is 11.4. The summed E-state index contributed by atoms with van der Waals surface area (Å²) in [5.41, 5.74) is 1.64. The number of benzene rings is 2. The number of carbonyl (C=O) groups is 1. The standard InChI is InChI=1S/C17H17FO2/c1-2-13-5-3-4-6-17(13)20-12-11-16(19)14-7-9-15(18)10-8-14/h3-10H,2,11-12H2,1H3. The Labute approximate surface area is 118 Å². The first-order valence-electron chi connectivity index (χ1n) is 6.70. The fraction of sp³-hybridized carbons (Fsp3) is 0.235. The molecular formula is C17H17FO2. The van der Waals surface area contributed by atoms with Crippen LogP contribution >= 0.6 is 0 Å². The maximum atomic E-state index is 12.8. The number of para-hydroxylation sites is 1. The topological polar surface area (TPSA) is 26.3 Å². The minimum Gasteiger partial charge on any atom is -0.493 e. The number of ether oxygens (including phenoxy) is 1. The van der Waals surface area contributed by atoms with E-state index >= 15 is 0 Å². The second-order valence-corrected chi connectivity index (χ2v) is 4.49. The van der Waals surface area contributed by atoms with Crippen molar-refractivity contribution in [1.82, 2.24) is 0 Å². The van der Waals surface area contributed by atoms with E-state index in [0.717, 1.165) is 17.7 Å². The predicted molar refractivity (Wildman–Crippen MR) is 76.7 cm³/mol. The fourth-order valence-electron chi connectivity index (χ4n) is 1.97. The molecule has 104 valence electrons. The number of ketones is 1. The lowest BCUT2D eigenvalue weighted by Gasteiger charge is -2.09. The Balaban J connectivity index is 1.89. The molecule has 0 spiro atoms. The quantitative estimate of drug-likeness (QED) is 0.742. The Hall–Kier alpha value is -2.16. The van der Waals surface area contributed by atoms with Gasteiger partial charge in [0.05, 0.1) is 6.61 Å². The Morgan fingerprint density at radius 1 is 1.10 bits per heavy atom. The van der Waals surface area contributed by atoms with Gasteiger partial charge < -0.3 is 4.74 Å². The van der Waals surface area contributed by atoms with Gasteiger partial charge in [0.1, 0.15) is 11.6 Å². The first kappa shape index (κ1) is 14.3. The van der Waals surface area contributed by atoms with Gasteiger partial charge in [0, 0.05) is 12.0 Å². The van der Waals surface area contributed by atoms with Crippen LogP contribution in [0.1, 0.15) is 29.3 Å². The van der Waals surface area contributed by atoms with Gasteiger partial charge in [-0.2, -0.15) is 0 Å². The smallest absolute Gasteiger partial charge is 0.166 e. The summed E-state index contributed by atoms with van der Waals surface area (Å²) in [5.74, 6) is 0.440. The van der Waals surface area contributed by atoms with E-state index in [9.17, 15) is 9.18 Å². The molecular weight excluding hydrogens is 255 g/mol. The van der Waals surface area contributed by atoms with Crippen molar-refractivity contribution in [1.29, 1.82) is 0 Å². The third-order valence-corrected chi connectivity index (χ3v) is 3.11. The molecule has 0 fully saturated rings. The maximum absolute atomic E-state index is 12.8. The SMILES string of the molecule is CCc1ccccc1OCCC(=O)c1ccc(F)cc1. The normalized spacial score (nSPS) is 10.3.